The highest BCUT2D eigenvalue weighted by molar-refractivity contribution is 5.87. The number of aromatic amines is 1. The minimum absolute atomic E-state index is 0.806. The highest BCUT2D eigenvalue weighted by Crippen LogP contribution is 2.28. The van der Waals surface area contributed by atoms with Crippen molar-refractivity contribution in [3.05, 3.63) is 35.5 Å². The lowest BCUT2D eigenvalue weighted by atomic mass is 9.84. The van der Waals surface area contributed by atoms with E-state index in [2.05, 4.69) is 4.98 Å². The molecule has 0 aliphatic rings. The number of aryl methyl sites for hydroxylation is 1. The number of aromatic nitrogens is 1. The van der Waals surface area contributed by atoms with Gasteiger partial charge in [0.1, 0.15) is 0 Å². The summed E-state index contributed by atoms with van der Waals surface area (Å²) in [4.78, 5) is 14.3. The van der Waals surface area contributed by atoms with Crippen LogP contribution < -0.4 is 0 Å². The third-order valence-corrected chi connectivity index (χ3v) is 3.14. The molecular formula is C13H15NO2. The van der Waals surface area contributed by atoms with E-state index in [4.69, 9.17) is 0 Å². The van der Waals surface area contributed by atoms with Crippen molar-refractivity contribution in [2.45, 2.75) is 26.2 Å². The number of carboxylic acid groups (broad SMARTS) is 1. The zero-order valence-corrected chi connectivity index (χ0v) is 9.66. The molecule has 0 radical (unpaired) electrons. The predicted octanol–water partition coefficient (Wildman–Crippen LogP) is 2.84. The second kappa shape index (κ2) is 3.37. The number of benzene rings is 1. The standard InChI is InChI=1S/C13H15NO2/c1-8-7-14-11-5-4-9(6-10(8)11)13(2,3)12(15)16/h4-7,14H,1-3H3,(H,15,16). The average Bonchev–Trinajstić information content (AvgIpc) is 2.60. The molecule has 16 heavy (non-hydrogen) atoms. The van der Waals surface area contributed by atoms with Crippen LogP contribution in [0.3, 0.4) is 0 Å². The average molecular weight is 217 g/mol. The fourth-order valence-electron chi connectivity index (χ4n) is 1.77. The van der Waals surface area contributed by atoms with Crippen molar-refractivity contribution in [3.8, 4) is 0 Å². The van der Waals surface area contributed by atoms with Crippen LogP contribution in [0.2, 0.25) is 0 Å². The van der Waals surface area contributed by atoms with Gasteiger partial charge in [-0.25, -0.2) is 0 Å². The van der Waals surface area contributed by atoms with Crippen LogP contribution in [0, 0.1) is 6.92 Å². The lowest BCUT2D eigenvalue weighted by Gasteiger charge is -2.19. The molecule has 3 heteroatoms. The second-order valence-electron chi connectivity index (χ2n) is 4.66. The van der Waals surface area contributed by atoms with Gasteiger partial charge in [-0.2, -0.15) is 0 Å². The normalized spacial score (nSPS) is 11.9. The maximum absolute atomic E-state index is 11.2. The van der Waals surface area contributed by atoms with Crippen LogP contribution in [-0.2, 0) is 10.2 Å². The van der Waals surface area contributed by atoms with Gasteiger partial charge in [0.2, 0.25) is 0 Å². The van der Waals surface area contributed by atoms with Crippen LogP contribution >= 0.6 is 0 Å². The summed E-state index contributed by atoms with van der Waals surface area (Å²) in [5.41, 5.74) is 2.16. The topological polar surface area (TPSA) is 53.1 Å². The number of hydrogen-bond donors (Lipinski definition) is 2. The molecule has 0 spiro atoms. The fourth-order valence-corrected chi connectivity index (χ4v) is 1.77. The van der Waals surface area contributed by atoms with Gasteiger partial charge in [-0.3, -0.25) is 4.79 Å². The molecule has 0 bridgehead atoms. The van der Waals surface area contributed by atoms with E-state index in [1.54, 1.807) is 13.8 Å². The Hall–Kier alpha value is -1.77. The van der Waals surface area contributed by atoms with E-state index in [-0.39, 0.29) is 0 Å². The minimum atomic E-state index is -0.849. The van der Waals surface area contributed by atoms with Gasteiger partial charge < -0.3 is 10.1 Å². The first-order valence-corrected chi connectivity index (χ1v) is 5.24. The number of carboxylic acids is 1. The summed E-state index contributed by atoms with van der Waals surface area (Å²) in [6, 6.07) is 5.75. The van der Waals surface area contributed by atoms with Crippen molar-refractivity contribution in [1.82, 2.24) is 4.98 Å². The van der Waals surface area contributed by atoms with Gasteiger partial charge in [0.05, 0.1) is 5.41 Å². The summed E-state index contributed by atoms with van der Waals surface area (Å²) in [7, 11) is 0. The van der Waals surface area contributed by atoms with Crippen LogP contribution in [0.25, 0.3) is 10.9 Å². The molecule has 3 nitrogen and oxygen atoms in total. The SMILES string of the molecule is Cc1c[nH]c2ccc(C(C)(C)C(=O)O)cc12. The summed E-state index contributed by atoms with van der Waals surface area (Å²) in [5.74, 6) is -0.806. The molecule has 1 aromatic carbocycles. The molecule has 0 unspecified atom stereocenters. The third kappa shape index (κ3) is 1.48. The Morgan fingerprint density at radius 2 is 2.06 bits per heavy atom. The van der Waals surface area contributed by atoms with E-state index >= 15 is 0 Å². The molecule has 1 aromatic heterocycles. The molecule has 2 N–H and O–H groups in total. The van der Waals surface area contributed by atoms with Crippen molar-refractivity contribution < 1.29 is 9.90 Å². The third-order valence-electron chi connectivity index (χ3n) is 3.14. The Bertz CT molecular complexity index is 552. The minimum Gasteiger partial charge on any atom is -0.481 e. The van der Waals surface area contributed by atoms with Crippen molar-refractivity contribution in [3.63, 3.8) is 0 Å². The van der Waals surface area contributed by atoms with E-state index in [0.29, 0.717) is 0 Å². The van der Waals surface area contributed by atoms with E-state index in [1.807, 2.05) is 31.3 Å². The Kier molecular flexibility index (Phi) is 2.26. The first-order chi connectivity index (χ1) is 7.43. The first kappa shape index (κ1) is 10.7. The summed E-state index contributed by atoms with van der Waals surface area (Å²) < 4.78 is 0. The molecule has 0 fully saturated rings. The lowest BCUT2D eigenvalue weighted by molar-refractivity contribution is -0.142. The molecule has 2 aromatic rings. The highest BCUT2D eigenvalue weighted by atomic mass is 16.4. The number of nitrogens with one attached hydrogen (secondary N) is 1. The number of H-pyrrole nitrogens is 1. The Morgan fingerprint density at radius 3 is 2.69 bits per heavy atom. The molecular weight excluding hydrogens is 202 g/mol. The van der Waals surface area contributed by atoms with E-state index < -0.39 is 11.4 Å². The fraction of sp³-hybridized carbons (Fsp3) is 0.308. The van der Waals surface area contributed by atoms with E-state index in [9.17, 15) is 9.90 Å². The number of carbonyl (C=O) groups is 1. The van der Waals surface area contributed by atoms with E-state index in [1.165, 1.54) is 0 Å². The molecule has 0 saturated carbocycles. The van der Waals surface area contributed by atoms with Gasteiger partial charge >= 0.3 is 5.97 Å². The number of fused-ring (bicyclic) bond motifs is 1. The zero-order valence-electron chi connectivity index (χ0n) is 9.66. The van der Waals surface area contributed by atoms with Crippen molar-refractivity contribution in [2.75, 3.05) is 0 Å². The van der Waals surface area contributed by atoms with Crippen LogP contribution in [0.4, 0.5) is 0 Å². The first-order valence-electron chi connectivity index (χ1n) is 5.24. The van der Waals surface area contributed by atoms with Crippen LogP contribution in [0.5, 0.6) is 0 Å². The van der Waals surface area contributed by atoms with Crippen LogP contribution in [0.1, 0.15) is 25.0 Å². The van der Waals surface area contributed by atoms with Gasteiger partial charge in [-0.05, 0) is 44.0 Å². The maximum atomic E-state index is 11.2. The number of rotatable bonds is 2. The maximum Gasteiger partial charge on any atom is 0.313 e. The smallest absolute Gasteiger partial charge is 0.313 e. The Morgan fingerprint density at radius 1 is 1.38 bits per heavy atom. The zero-order chi connectivity index (χ0) is 11.9. The molecule has 0 amide bonds. The van der Waals surface area contributed by atoms with Gasteiger partial charge in [0.25, 0.3) is 0 Å². The largest absolute Gasteiger partial charge is 0.481 e. The quantitative estimate of drug-likeness (QED) is 0.812. The van der Waals surface area contributed by atoms with Crippen molar-refractivity contribution in [2.24, 2.45) is 0 Å². The molecule has 84 valence electrons. The molecule has 1 heterocycles. The molecule has 2 rings (SSSR count). The monoisotopic (exact) mass is 217 g/mol. The van der Waals surface area contributed by atoms with Crippen molar-refractivity contribution in [1.29, 1.82) is 0 Å². The van der Waals surface area contributed by atoms with Gasteiger partial charge in [-0.1, -0.05) is 6.07 Å². The van der Waals surface area contributed by atoms with Crippen LogP contribution in [-0.4, -0.2) is 16.1 Å². The molecule has 0 saturated heterocycles. The molecule has 0 aliphatic heterocycles. The lowest BCUT2D eigenvalue weighted by Crippen LogP contribution is -2.28. The van der Waals surface area contributed by atoms with Gasteiger partial charge in [0, 0.05) is 17.1 Å². The van der Waals surface area contributed by atoms with E-state index in [0.717, 1.165) is 22.0 Å². The van der Waals surface area contributed by atoms with Gasteiger partial charge in [-0.15, -0.1) is 0 Å². The van der Waals surface area contributed by atoms with Crippen molar-refractivity contribution >= 4 is 16.9 Å². The summed E-state index contributed by atoms with van der Waals surface area (Å²) >= 11 is 0. The second-order valence-corrected chi connectivity index (χ2v) is 4.66. The molecule has 0 aliphatic carbocycles. The number of aliphatic carboxylic acids is 1. The van der Waals surface area contributed by atoms with Gasteiger partial charge in [0.15, 0.2) is 0 Å². The highest BCUT2D eigenvalue weighted by Gasteiger charge is 2.29. The van der Waals surface area contributed by atoms with Crippen LogP contribution in [0.15, 0.2) is 24.4 Å². The summed E-state index contributed by atoms with van der Waals surface area (Å²) in [5, 5.41) is 10.3. The summed E-state index contributed by atoms with van der Waals surface area (Å²) in [6.07, 6.45) is 1.93. The molecule has 0 atom stereocenters. The summed E-state index contributed by atoms with van der Waals surface area (Å²) in [6.45, 7) is 5.45. The Balaban J connectivity index is 2.62. The Labute approximate surface area is 94.1 Å². The number of hydrogen-bond acceptors (Lipinski definition) is 1. The predicted molar refractivity (Wildman–Crippen MR) is 63.7 cm³/mol.